The lowest BCUT2D eigenvalue weighted by Gasteiger charge is -2.19. The van der Waals surface area contributed by atoms with Gasteiger partial charge in [-0.15, -0.1) is 10.2 Å². The molecule has 1 aromatic carbocycles. The molecule has 0 unspecified atom stereocenters. The van der Waals surface area contributed by atoms with Gasteiger partial charge in [0.15, 0.2) is 0 Å². The smallest absolute Gasteiger partial charge is 0.252 e. The normalized spacial score (nSPS) is 12.4. The predicted octanol–water partition coefficient (Wildman–Crippen LogP) is 2.10. The van der Waals surface area contributed by atoms with Gasteiger partial charge in [0.05, 0.1) is 11.3 Å². The summed E-state index contributed by atoms with van der Waals surface area (Å²) in [6.07, 6.45) is 5.18. The molecule has 120 valence electrons. The van der Waals surface area contributed by atoms with Crippen LogP contribution in [0.1, 0.15) is 27.6 Å². The maximum Gasteiger partial charge on any atom is 0.252 e. The Balaban J connectivity index is 1.78. The van der Waals surface area contributed by atoms with Crippen molar-refractivity contribution in [2.75, 3.05) is 7.05 Å². The first-order chi connectivity index (χ1) is 11.7. The average molecular weight is 319 g/mol. The summed E-state index contributed by atoms with van der Waals surface area (Å²) in [5.74, 6) is 1.78. The number of pyridine rings is 1. The second-order valence-electron chi connectivity index (χ2n) is 5.88. The number of rotatable bonds is 2. The van der Waals surface area contributed by atoms with Gasteiger partial charge in [-0.05, 0) is 42.7 Å². The number of nitrogens with one attached hydrogen (secondary N) is 1. The molecule has 1 N–H and O–H groups in total. The zero-order valence-electron chi connectivity index (χ0n) is 13.6. The fourth-order valence-corrected chi connectivity index (χ4v) is 3.18. The van der Waals surface area contributed by atoms with Gasteiger partial charge in [0.2, 0.25) is 0 Å². The van der Waals surface area contributed by atoms with Crippen molar-refractivity contribution in [1.29, 1.82) is 0 Å². The van der Waals surface area contributed by atoms with Crippen molar-refractivity contribution in [2.45, 2.75) is 19.8 Å². The minimum atomic E-state index is -0.132. The van der Waals surface area contributed by atoms with Gasteiger partial charge in [0.1, 0.15) is 11.6 Å². The van der Waals surface area contributed by atoms with Crippen molar-refractivity contribution < 1.29 is 4.79 Å². The summed E-state index contributed by atoms with van der Waals surface area (Å²) >= 11 is 0. The maximum atomic E-state index is 11.8. The largest absolute Gasteiger partial charge is 0.355 e. The third-order valence-corrected chi connectivity index (χ3v) is 4.39. The number of hydrogen-bond donors (Lipinski definition) is 1. The Morgan fingerprint density at radius 2 is 2.00 bits per heavy atom. The second-order valence-corrected chi connectivity index (χ2v) is 5.88. The van der Waals surface area contributed by atoms with E-state index in [0.717, 1.165) is 41.3 Å². The van der Waals surface area contributed by atoms with Crippen LogP contribution in [0.5, 0.6) is 0 Å². The van der Waals surface area contributed by atoms with E-state index < -0.39 is 0 Å². The number of hydrogen-bond acceptors (Lipinski definition) is 4. The lowest BCUT2D eigenvalue weighted by Crippen LogP contribution is -2.17. The van der Waals surface area contributed by atoms with Crippen molar-refractivity contribution >= 4 is 5.91 Å². The molecule has 2 aromatic heterocycles. The molecule has 0 fully saturated rings. The summed E-state index contributed by atoms with van der Waals surface area (Å²) in [5.41, 5.74) is 4.95. The molecule has 0 atom stereocenters. The lowest BCUT2D eigenvalue weighted by molar-refractivity contribution is 0.0963. The molecule has 3 heterocycles. The van der Waals surface area contributed by atoms with Crippen molar-refractivity contribution in [3.8, 4) is 16.8 Å². The first-order valence-electron chi connectivity index (χ1n) is 7.89. The van der Waals surface area contributed by atoms with Crippen LogP contribution in [-0.2, 0) is 12.8 Å². The Morgan fingerprint density at radius 3 is 2.83 bits per heavy atom. The van der Waals surface area contributed by atoms with E-state index in [1.54, 1.807) is 19.4 Å². The van der Waals surface area contributed by atoms with Crippen LogP contribution in [0.25, 0.3) is 16.8 Å². The molecule has 0 radical (unpaired) electrons. The number of nitrogens with zero attached hydrogens (tertiary/aromatic N) is 4. The molecule has 0 saturated heterocycles. The number of amides is 1. The van der Waals surface area contributed by atoms with Gasteiger partial charge in [-0.3, -0.25) is 14.3 Å². The molecule has 6 nitrogen and oxygen atoms in total. The van der Waals surface area contributed by atoms with Crippen LogP contribution in [0.3, 0.4) is 0 Å². The number of fused-ring (bicyclic) bond motifs is 3. The number of benzene rings is 1. The Bertz CT molecular complexity index is 944. The van der Waals surface area contributed by atoms with E-state index in [1.807, 2.05) is 13.0 Å². The standard InChI is InChI=1S/C18H17N5O/c1-11-21-22-17-6-4-13-7-12(3-5-16(13)23(11)17)14-8-15(10-20-9-14)18(24)19-2/h3,5,7-10H,4,6H2,1-2H3,(H,19,24). The van der Waals surface area contributed by atoms with Gasteiger partial charge < -0.3 is 5.32 Å². The van der Waals surface area contributed by atoms with Gasteiger partial charge in [0.25, 0.3) is 5.91 Å². The third-order valence-electron chi connectivity index (χ3n) is 4.39. The van der Waals surface area contributed by atoms with Crippen LogP contribution in [-0.4, -0.2) is 32.7 Å². The Morgan fingerprint density at radius 1 is 1.12 bits per heavy atom. The minimum absolute atomic E-state index is 0.132. The lowest BCUT2D eigenvalue weighted by atomic mass is 9.97. The highest BCUT2D eigenvalue weighted by atomic mass is 16.1. The first kappa shape index (κ1) is 14.6. The molecular formula is C18H17N5O. The first-order valence-corrected chi connectivity index (χ1v) is 7.89. The molecule has 0 spiro atoms. The zero-order chi connectivity index (χ0) is 16.7. The van der Waals surface area contributed by atoms with Gasteiger partial charge >= 0.3 is 0 Å². The monoisotopic (exact) mass is 319 g/mol. The number of carbonyl (C=O) groups excluding carboxylic acids is 1. The van der Waals surface area contributed by atoms with Gasteiger partial charge in [-0.1, -0.05) is 6.07 Å². The molecule has 0 aliphatic carbocycles. The molecular weight excluding hydrogens is 302 g/mol. The van der Waals surface area contributed by atoms with E-state index in [2.05, 4.69) is 43.3 Å². The predicted molar refractivity (Wildman–Crippen MR) is 90.1 cm³/mol. The van der Waals surface area contributed by atoms with E-state index in [9.17, 15) is 4.79 Å². The summed E-state index contributed by atoms with van der Waals surface area (Å²) in [6.45, 7) is 1.97. The molecule has 0 bridgehead atoms. The highest BCUT2D eigenvalue weighted by Crippen LogP contribution is 2.29. The van der Waals surface area contributed by atoms with Crippen molar-refractivity contribution in [2.24, 2.45) is 0 Å². The van der Waals surface area contributed by atoms with Crippen LogP contribution in [0.15, 0.2) is 36.7 Å². The molecule has 0 saturated carbocycles. The van der Waals surface area contributed by atoms with Gasteiger partial charge in [-0.2, -0.15) is 0 Å². The molecule has 1 amide bonds. The van der Waals surface area contributed by atoms with E-state index in [1.165, 1.54) is 5.56 Å². The number of aromatic nitrogens is 4. The van der Waals surface area contributed by atoms with Gasteiger partial charge in [-0.25, -0.2) is 0 Å². The van der Waals surface area contributed by atoms with E-state index in [-0.39, 0.29) is 5.91 Å². The summed E-state index contributed by atoms with van der Waals surface area (Å²) in [7, 11) is 1.62. The van der Waals surface area contributed by atoms with Crippen LogP contribution in [0.4, 0.5) is 0 Å². The second kappa shape index (κ2) is 5.56. The van der Waals surface area contributed by atoms with E-state index >= 15 is 0 Å². The molecule has 4 rings (SSSR count). The topological polar surface area (TPSA) is 72.7 Å². The Kier molecular flexibility index (Phi) is 3.37. The highest BCUT2D eigenvalue weighted by Gasteiger charge is 2.20. The Labute approximate surface area is 139 Å². The molecule has 24 heavy (non-hydrogen) atoms. The quantitative estimate of drug-likeness (QED) is 0.785. The average Bonchev–Trinajstić information content (AvgIpc) is 3.02. The maximum absolute atomic E-state index is 11.8. The molecule has 1 aliphatic heterocycles. The Hall–Kier alpha value is -3.02. The fraction of sp³-hybridized carbons (Fsp3) is 0.222. The highest BCUT2D eigenvalue weighted by molar-refractivity contribution is 5.94. The summed E-state index contributed by atoms with van der Waals surface area (Å²) in [4.78, 5) is 16.0. The zero-order valence-corrected chi connectivity index (χ0v) is 13.6. The molecule has 6 heteroatoms. The summed E-state index contributed by atoms with van der Waals surface area (Å²) in [6, 6.07) is 8.18. The SMILES string of the molecule is CNC(=O)c1cncc(-c2ccc3c(c2)CCc2nnc(C)n2-3)c1. The molecule has 3 aromatic rings. The fourth-order valence-electron chi connectivity index (χ4n) is 3.18. The van der Waals surface area contributed by atoms with E-state index in [4.69, 9.17) is 0 Å². The van der Waals surface area contributed by atoms with Crippen LogP contribution in [0.2, 0.25) is 0 Å². The van der Waals surface area contributed by atoms with Gasteiger partial charge in [0, 0.05) is 31.4 Å². The van der Waals surface area contributed by atoms with Crippen molar-refractivity contribution in [3.63, 3.8) is 0 Å². The van der Waals surface area contributed by atoms with Crippen LogP contribution < -0.4 is 5.32 Å². The van der Waals surface area contributed by atoms with Crippen LogP contribution in [0, 0.1) is 6.92 Å². The summed E-state index contributed by atoms with van der Waals surface area (Å²) in [5, 5.41) is 11.0. The van der Waals surface area contributed by atoms with Crippen molar-refractivity contribution in [3.05, 3.63) is 59.4 Å². The molecule has 1 aliphatic rings. The van der Waals surface area contributed by atoms with Crippen LogP contribution >= 0.6 is 0 Å². The minimum Gasteiger partial charge on any atom is -0.355 e. The van der Waals surface area contributed by atoms with Crippen molar-refractivity contribution in [1.82, 2.24) is 25.1 Å². The summed E-state index contributed by atoms with van der Waals surface area (Å²) < 4.78 is 2.11. The number of aryl methyl sites for hydroxylation is 3. The van der Waals surface area contributed by atoms with E-state index in [0.29, 0.717) is 5.56 Å². The number of carbonyl (C=O) groups is 1. The third kappa shape index (κ3) is 2.27.